The van der Waals surface area contributed by atoms with E-state index in [0.717, 1.165) is 10.2 Å². The molecule has 26 heavy (non-hydrogen) atoms. The van der Waals surface area contributed by atoms with E-state index in [1.165, 1.54) is 17.4 Å². The molecule has 1 N–H and O–H groups in total. The lowest BCUT2D eigenvalue weighted by Crippen LogP contribution is -2.35. The topological polar surface area (TPSA) is 77.9 Å². The Morgan fingerprint density at radius 3 is 2.69 bits per heavy atom. The number of carboxylic acid groups (broad SMARTS) is 1. The summed E-state index contributed by atoms with van der Waals surface area (Å²) in [5.74, 6) is -1.26. The lowest BCUT2D eigenvalue weighted by Gasteiger charge is -2.15. The van der Waals surface area contributed by atoms with Crippen molar-refractivity contribution in [3.63, 3.8) is 0 Å². The Kier molecular flexibility index (Phi) is 3.69. The van der Waals surface area contributed by atoms with E-state index < -0.39 is 12.1 Å². The Morgan fingerprint density at radius 2 is 2.00 bits per heavy atom. The van der Waals surface area contributed by atoms with Crippen LogP contribution in [-0.2, 0) is 4.79 Å². The van der Waals surface area contributed by atoms with Crippen LogP contribution < -0.4 is 14.2 Å². The molecule has 9 heteroatoms. The SMILES string of the molecule is Cc1cc(-c2nc3cc4c(cc3s2)OCO4)ccc1OC(F)(F)C(=O)O. The average molecular weight is 379 g/mol. The summed E-state index contributed by atoms with van der Waals surface area (Å²) >= 11 is 1.42. The second-order valence-corrected chi connectivity index (χ2v) is 6.63. The molecule has 0 bridgehead atoms. The largest absolute Gasteiger partial charge is 0.501 e. The number of carboxylic acids is 1. The van der Waals surface area contributed by atoms with E-state index >= 15 is 0 Å². The maximum atomic E-state index is 13.2. The maximum Gasteiger partial charge on any atom is 0.501 e. The third-order valence-corrected chi connectivity index (χ3v) is 4.86. The first-order valence-corrected chi connectivity index (χ1v) is 8.26. The molecule has 134 valence electrons. The molecule has 0 saturated heterocycles. The van der Waals surface area contributed by atoms with Gasteiger partial charge in [-0.25, -0.2) is 9.78 Å². The average Bonchev–Trinajstić information content (AvgIpc) is 3.19. The monoisotopic (exact) mass is 379 g/mol. The molecule has 0 saturated carbocycles. The summed E-state index contributed by atoms with van der Waals surface area (Å²) in [5.41, 5.74) is 1.82. The van der Waals surface area contributed by atoms with Crippen molar-refractivity contribution in [2.24, 2.45) is 0 Å². The van der Waals surface area contributed by atoms with Crippen molar-refractivity contribution >= 4 is 27.5 Å². The predicted molar refractivity (Wildman–Crippen MR) is 89.1 cm³/mol. The van der Waals surface area contributed by atoms with Gasteiger partial charge in [0.25, 0.3) is 0 Å². The van der Waals surface area contributed by atoms with Gasteiger partial charge in [0.2, 0.25) is 6.79 Å². The lowest BCUT2D eigenvalue weighted by molar-refractivity contribution is -0.211. The van der Waals surface area contributed by atoms with Gasteiger partial charge >= 0.3 is 12.1 Å². The highest BCUT2D eigenvalue weighted by Gasteiger charge is 2.42. The van der Waals surface area contributed by atoms with Gasteiger partial charge in [0, 0.05) is 17.7 Å². The van der Waals surface area contributed by atoms with Crippen LogP contribution in [0.15, 0.2) is 30.3 Å². The van der Waals surface area contributed by atoms with Gasteiger partial charge < -0.3 is 19.3 Å². The van der Waals surface area contributed by atoms with Gasteiger partial charge in [-0.05, 0) is 30.7 Å². The number of hydrogen-bond donors (Lipinski definition) is 1. The van der Waals surface area contributed by atoms with Gasteiger partial charge in [-0.1, -0.05) is 0 Å². The van der Waals surface area contributed by atoms with Crippen LogP contribution in [0.5, 0.6) is 17.2 Å². The molecular weight excluding hydrogens is 368 g/mol. The standard InChI is InChI=1S/C17H11F2NO5S/c1-8-4-9(2-3-11(8)25-17(18,19)16(21)22)15-20-10-5-12-13(24-7-23-12)6-14(10)26-15/h2-6H,7H2,1H3,(H,21,22). The third kappa shape index (κ3) is 2.80. The Morgan fingerprint density at radius 1 is 1.27 bits per heavy atom. The first-order valence-electron chi connectivity index (χ1n) is 7.45. The zero-order valence-electron chi connectivity index (χ0n) is 13.3. The van der Waals surface area contributed by atoms with Gasteiger partial charge in [0.15, 0.2) is 11.5 Å². The van der Waals surface area contributed by atoms with Crippen molar-refractivity contribution in [3.8, 4) is 27.8 Å². The van der Waals surface area contributed by atoms with Crippen LogP contribution in [0, 0.1) is 6.92 Å². The summed E-state index contributed by atoms with van der Waals surface area (Å²) in [6.45, 7) is 1.74. The molecule has 1 aromatic heterocycles. The number of benzene rings is 2. The highest BCUT2D eigenvalue weighted by molar-refractivity contribution is 7.21. The number of nitrogens with zero attached hydrogens (tertiary/aromatic N) is 1. The van der Waals surface area contributed by atoms with Gasteiger partial charge in [0.1, 0.15) is 10.8 Å². The minimum Gasteiger partial charge on any atom is -0.474 e. The van der Waals surface area contributed by atoms with Crippen LogP contribution in [0.2, 0.25) is 0 Å². The summed E-state index contributed by atoms with van der Waals surface area (Å²) in [7, 11) is 0. The van der Waals surface area contributed by atoms with Gasteiger partial charge in [-0.3, -0.25) is 0 Å². The van der Waals surface area contributed by atoms with Gasteiger partial charge in [-0.2, -0.15) is 8.78 Å². The number of alkyl halides is 2. The van der Waals surface area contributed by atoms with Crippen LogP contribution in [0.1, 0.15) is 5.56 Å². The van der Waals surface area contributed by atoms with E-state index in [9.17, 15) is 13.6 Å². The number of ether oxygens (including phenoxy) is 3. The predicted octanol–water partition coefficient (Wildman–Crippen LogP) is 4.06. The molecular formula is C17H11F2NO5S. The first-order chi connectivity index (χ1) is 12.3. The van der Waals surface area contributed by atoms with E-state index in [1.54, 1.807) is 25.1 Å². The fourth-order valence-corrected chi connectivity index (χ4v) is 3.49. The molecule has 1 aliphatic rings. The molecule has 0 unspecified atom stereocenters. The van der Waals surface area contributed by atoms with Crippen LogP contribution in [0.3, 0.4) is 0 Å². The van der Waals surface area contributed by atoms with Crippen molar-refractivity contribution < 1.29 is 32.9 Å². The fourth-order valence-electron chi connectivity index (χ4n) is 2.52. The summed E-state index contributed by atoms with van der Waals surface area (Å²) in [5, 5.41) is 9.16. The second-order valence-electron chi connectivity index (χ2n) is 5.60. The molecule has 6 nitrogen and oxygen atoms in total. The van der Waals surface area contributed by atoms with Crippen molar-refractivity contribution in [1.82, 2.24) is 4.98 Å². The molecule has 3 aromatic rings. The molecule has 4 rings (SSSR count). The highest BCUT2D eigenvalue weighted by atomic mass is 32.1. The minimum absolute atomic E-state index is 0.182. The lowest BCUT2D eigenvalue weighted by atomic mass is 10.1. The summed E-state index contributed by atoms with van der Waals surface area (Å²) < 4.78 is 42.4. The maximum absolute atomic E-state index is 13.2. The Bertz CT molecular complexity index is 992. The van der Waals surface area contributed by atoms with E-state index in [2.05, 4.69) is 9.72 Å². The van der Waals surface area contributed by atoms with E-state index in [1.807, 2.05) is 6.07 Å². The Balaban J connectivity index is 1.67. The number of thiazole rings is 1. The summed E-state index contributed by atoms with van der Waals surface area (Å²) in [4.78, 5) is 15.0. The normalized spacial score (nSPS) is 13.2. The molecule has 1 aliphatic heterocycles. The van der Waals surface area contributed by atoms with Gasteiger partial charge in [0.05, 0.1) is 10.2 Å². The first kappa shape index (κ1) is 16.5. The van der Waals surface area contributed by atoms with Crippen molar-refractivity contribution in [1.29, 1.82) is 0 Å². The van der Waals surface area contributed by atoms with Crippen LogP contribution in [-0.4, -0.2) is 29.0 Å². The number of aryl methyl sites for hydroxylation is 1. The van der Waals surface area contributed by atoms with E-state index in [0.29, 0.717) is 27.6 Å². The molecule has 0 atom stereocenters. The minimum atomic E-state index is -4.29. The number of halogens is 2. The number of rotatable bonds is 4. The summed E-state index contributed by atoms with van der Waals surface area (Å²) in [6, 6.07) is 8.11. The quantitative estimate of drug-likeness (QED) is 0.737. The van der Waals surface area contributed by atoms with Crippen molar-refractivity contribution in [2.45, 2.75) is 13.0 Å². The molecule has 0 aliphatic carbocycles. The molecule has 0 amide bonds. The van der Waals surface area contributed by atoms with Gasteiger partial charge in [-0.15, -0.1) is 11.3 Å². The molecule has 0 radical (unpaired) electrons. The molecule has 2 aromatic carbocycles. The number of hydrogen-bond acceptors (Lipinski definition) is 6. The second kappa shape index (κ2) is 5.80. The van der Waals surface area contributed by atoms with E-state index in [4.69, 9.17) is 14.6 Å². The molecule has 0 spiro atoms. The zero-order chi connectivity index (χ0) is 18.5. The van der Waals surface area contributed by atoms with E-state index in [-0.39, 0.29) is 12.5 Å². The number of aromatic nitrogens is 1. The smallest absolute Gasteiger partial charge is 0.474 e. The number of fused-ring (bicyclic) bond motifs is 2. The zero-order valence-corrected chi connectivity index (χ0v) is 14.1. The van der Waals surface area contributed by atoms with Crippen LogP contribution in [0.4, 0.5) is 8.78 Å². The highest BCUT2D eigenvalue weighted by Crippen LogP contribution is 2.40. The Labute approximate surface area is 149 Å². The Hall–Kier alpha value is -2.94. The van der Waals surface area contributed by atoms with Crippen LogP contribution >= 0.6 is 11.3 Å². The van der Waals surface area contributed by atoms with Crippen LogP contribution in [0.25, 0.3) is 20.8 Å². The number of aliphatic carboxylic acids is 1. The van der Waals surface area contributed by atoms with Crippen molar-refractivity contribution in [2.75, 3.05) is 6.79 Å². The molecule has 0 fully saturated rings. The number of carbonyl (C=O) groups is 1. The molecule has 2 heterocycles. The van der Waals surface area contributed by atoms with Crippen molar-refractivity contribution in [3.05, 3.63) is 35.9 Å². The third-order valence-electron chi connectivity index (χ3n) is 3.79. The summed E-state index contributed by atoms with van der Waals surface area (Å²) in [6.07, 6.45) is -4.29. The fraction of sp³-hybridized carbons (Fsp3) is 0.176.